The van der Waals surface area contributed by atoms with E-state index in [-0.39, 0.29) is 5.91 Å². The van der Waals surface area contributed by atoms with Crippen molar-refractivity contribution in [3.8, 4) is 0 Å². The first kappa shape index (κ1) is 15.1. The monoisotopic (exact) mass is 351 g/mol. The van der Waals surface area contributed by atoms with Crippen molar-refractivity contribution in [3.63, 3.8) is 0 Å². The number of nitrogens with zero attached hydrogens (tertiary/aromatic N) is 1. The lowest BCUT2D eigenvalue weighted by atomic mass is 10.1. The van der Waals surface area contributed by atoms with E-state index in [1.165, 1.54) is 5.56 Å². The van der Waals surface area contributed by atoms with Gasteiger partial charge in [0.2, 0.25) is 0 Å². The molecule has 0 aliphatic rings. The Kier molecular flexibility index (Phi) is 5.21. The van der Waals surface area contributed by atoms with Crippen molar-refractivity contribution in [2.45, 2.75) is 6.42 Å². The Balaban J connectivity index is 1.99. The maximum Gasteiger partial charge on any atom is 0.253 e. The molecule has 0 N–H and O–H groups in total. The summed E-state index contributed by atoms with van der Waals surface area (Å²) in [6, 6.07) is 15.4. The van der Waals surface area contributed by atoms with Gasteiger partial charge in [-0.15, -0.1) is 0 Å². The highest BCUT2D eigenvalue weighted by Gasteiger charge is 2.12. The number of amides is 1. The van der Waals surface area contributed by atoms with Gasteiger partial charge in [-0.05, 0) is 46.1 Å². The van der Waals surface area contributed by atoms with Crippen LogP contribution < -0.4 is 0 Å². The van der Waals surface area contributed by atoms with E-state index in [0.29, 0.717) is 17.1 Å². The number of benzene rings is 2. The molecule has 2 nitrogen and oxygen atoms in total. The molecule has 0 unspecified atom stereocenters. The van der Waals surface area contributed by atoms with Gasteiger partial charge in [0.15, 0.2) is 0 Å². The fourth-order valence-electron chi connectivity index (χ4n) is 1.89. The van der Waals surface area contributed by atoms with Crippen LogP contribution in [0, 0.1) is 0 Å². The molecule has 2 aromatic rings. The maximum absolute atomic E-state index is 12.3. The molecule has 0 spiro atoms. The minimum Gasteiger partial charge on any atom is -0.341 e. The van der Waals surface area contributed by atoms with Crippen LogP contribution in [-0.2, 0) is 6.42 Å². The Bertz CT molecular complexity index is 601. The molecule has 0 bridgehead atoms. The quantitative estimate of drug-likeness (QED) is 0.798. The molecule has 2 aromatic carbocycles. The molecular weight excluding hydrogens is 338 g/mol. The van der Waals surface area contributed by atoms with Crippen LogP contribution in [0.1, 0.15) is 15.9 Å². The first-order chi connectivity index (χ1) is 9.58. The second-order valence-corrected chi connectivity index (χ2v) is 5.85. The van der Waals surface area contributed by atoms with Crippen LogP contribution in [-0.4, -0.2) is 24.4 Å². The zero-order valence-corrected chi connectivity index (χ0v) is 13.5. The molecule has 0 fully saturated rings. The Morgan fingerprint density at radius 3 is 2.55 bits per heavy atom. The topological polar surface area (TPSA) is 20.3 Å². The number of halogens is 2. The zero-order chi connectivity index (χ0) is 14.5. The molecule has 0 saturated heterocycles. The Morgan fingerprint density at radius 2 is 1.90 bits per heavy atom. The van der Waals surface area contributed by atoms with Gasteiger partial charge in [0.1, 0.15) is 0 Å². The number of likely N-dealkylation sites (N-methyl/N-ethyl adjacent to an activating group) is 1. The fourth-order valence-corrected chi connectivity index (χ4v) is 2.39. The minimum absolute atomic E-state index is 0.00158. The number of carbonyl (C=O) groups excluding carboxylic acids is 1. The normalized spacial score (nSPS) is 10.3. The van der Waals surface area contributed by atoms with Crippen molar-refractivity contribution >= 4 is 33.4 Å². The predicted molar refractivity (Wildman–Crippen MR) is 86.3 cm³/mol. The standard InChI is InChI=1S/C16H15BrClNO/c1-19(10-9-12-5-3-2-4-6-12)16(20)13-7-8-15(18)14(17)11-13/h2-8,11H,9-10H2,1H3. The van der Waals surface area contributed by atoms with Crippen LogP contribution in [0.3, 0.4) is 0 Å². The highest BCUT2D eigenvalue weighted by atomic mass is 79.9. The summed E-state index contributed by atoms with van der Waals surface area (Å²) in [4.78, 5) is 14.0. The second-order valence-electron chi connectivity index (χ2n) is 4.59. The van der Waals surface area contributed by atoms with Crippen molar-refractivity contribution in [2.75, 3.05) is 13.6 Å². The summed E-state index contributed by atoms with van der Waals surface area (Å²) in [6.45, 7) is 0.684. The summed E-state index contributed by atoms with van der Waals surface area (Å²) in [5.41, 5.74) is 1.86. The van der Waals surface area contributed by atoms with Gasteiger partial charge in [0.05, 0.1) is 5.02 Å². The lowest BCUT2D eigenvalue weighted by molar-refractivity contribution is 0.0796. The van der Waals surface area contributed by atoms with Gasteiger partial charge in [-0.2, -0.15) is 0 Å². The average Bonchev–Trinajstić information content (AvgIpc) is 2.48. The van der Waals surface area contributed by atoms with Gasteiger partial charge < -0.3 is 4.90 Å². The van der Waals surface area contributed by atoms with Crippen LogP contribution >= 0.6 is 27.5 Å². The molecular formula is C16H15BrClNO. The molecule has 0 heterocycles. The number of hydrogen-bond acceptors (Lipinski definition) is 1. The highest BCUT2D eigenvalue weighted by molar-refractivity contribution is 9.10. The van der Waals surface area contributed by atoms with E-state index in [2.05, 4.69) is 28.1 Å². The van der Waals surface area contributed by atoms with Gasteiger partial charge in [-0.25, -0.2) is 0 Å². The number of hydrogen-bond donors (Lipinski definition) is 0. The van der Waals surface area contributed by atoms with Crippen molar-refractivity contribution in [3.05, 3.63) is 69.2 Å². The molecule has 1 amide bonds. The zero-order valence-electron chi connectivity index (χ0n) is 11.1. The first-order valence-electron chi connectivity index (χ1n) is 6.32. The number of rotatable bonds is 4. The smallest absolute Gasteiger partial charge is 0.253 e. The van der Waals surface area contributed by atoms with Crippen LogP contribution in [0.4, 0.5) is 0 Å². The third-order valence-corrected chi connectivity index (χ3v) is 4.31. The van der Waals surface area contributed by atoms with Gasteiger partial charge in [0, 0.05) is 23.6 Å². The Hall–Kier alpha value is -1.32. The van der Waals surface area contributed by atoms with E-state index in [1.807, 2.05) is 25.2 Å². The summed E-state index contributed by atoms with van der Waals surface area (Å²) in [6.07, 6.45) is 0.845. The molecule has 104 valence electrons. The second kappa shape index (κ2) is 6.91. The van der Waals surface area contributed by atoms with Gasteiger partial charge in [0.25, 0.3) is 5.91 Å². The van der Waals surface area contributed by atoms with Crippen molar-refractivity contribution in [1.29, 1.82) is 0 Å². The molecule has 20 heavy (non-hydrogen) atoms. The molecule has 0 aromatic heterocycles. The summed E-state index contributed by atoms with van der Waals surface area (Å²) < 4.78 is 0.737. The van der Waals surface area contributed by atoms with E-state index >= 15 is 0 Å². The van der Waals surface area contributed by atoms with Crippen molar-refractivity contribution in [2.24, 2.45) is 0 Å². The lowest BCUT2D eigenvalue weighted by Gasteiger charge is -2.17. The lowest BCUT2D eigenvalue weighted by Crippen LogP contribution is -2.28. The molecule has 0 radical (unpaired) electrons. The van der Waals surface area contributed by atoms with Crippen molar-refractivity contribution in [1.82, 2.24) is 4.90 Å². The summed E-state index contributed by atoms with van der Waals surface area (Å²) >= 11 is 9.27. The predicted octanol–water partition coefficient (Wildman–Crippen LogP) is 4.42. The Labute approximate surface area is 132 Å². The first-order valence-corrected chi connectivity index (χ1v) is 7.49. The molecule has 4 heteroatoms. The Morgan fingerprint density at radius 1 is 1.20 bits per heavy atom. The highest BCUT2D eigenvalue weighted by Crippen LogP contribution is 2.23. The average molecular weight is 353 g/mol. The minimum atomic E-state index is -0.00158. The van der Waals surface area contributed by atoms with Crippen LogP contribution in [0.25, 0.3) is 0 Å². The van der Waals surface area contributed by atoms with Gasteiger partial charge >= 0.3 is 0 Å². The third kappa shape index (κ3) is 3.84. The van der Waals surface area contributed by atoms with Gasteiger partial charge in [-0.3, -0.25) is 4.79 Å². The van der Waals surface area contributed by atoms with Crippen LogP contribution in [0.15, 0.2) is 53.0 Å². The fraction of sp³-hybridized carbons (Fsp3) is 0.188. The summed E-state index contributed by atoms with van der Waals surface area (Å²) in [5.74, 6) is -0.00158. The van der Waals surface area contributed by atoms with Crippen LogP contribution in [0.5, 0.6) is 0 Å². The molecule has 0 saturated carbocycles. The molecule has 2 rings (SSSR count). The van der Waals surface area contributed by atoms with E-state index < -0.39 is 0 Å². The van der Waals surface area contributed by atoms with E-state index in [0.717, 1.165) is 10.9 Å². The van der Waals surface area contributed by atoms with Crippen molar-refractivity contribution < 1.29 is 4.79 Å². The van der Waals surface area contributed by atoms with E-state index in [1.54, 1.807) is 23.1 Å². The maximum atomic E-state index is 12.3. The largest absolute Gasteiger partial charge is 0.341 e. The van der Waals surface area contributed by atoms with E-state index in [4.69, 9.17) is 11.6 Å². The van der Waals surface area contributed by atoms with Crippen LogP contribution in [0.2, 0.25) is 5.02 Å². The SMILES string of the molecule is CN(CCc1ccccc1)C(=O)c1ccc(Cl)c(Br)c1. The molecule has 0 atom stereocenters. The number of carbonyl (C=O) groups is 1. The van der Waals surface area contributed by atoms with Gasteiger partial charge in [-0.1, -0.05) is 41.9 Å². The summed E-state index contributed by atoms with van der Waals surface area (Å²) in [5, 5.41) is 0.605. The third-order valence-electron chi connectivity index (χ3n) is 3.09. The molecule has 0 aliphatic heterocycles. The van der Waals surface area contributed by atoms with E-state index in [9.17, 15) is 4.79 Å². The summed E-state index contributed by atoms with van der Waals surface area (Å²) in [7, 11) is 1.81. The molecule has 0 aliphatic carbocycles.